The van der Waals surface area contributed by atoms with Crippen LogP contribution in [0.1, 0.15) is 38.5 Å². The second kappa shape index (κ2) is 7.13. The molecular weight excluding hydrogens is 236 g/mol. The summed E-state index contributed by atoms with van der Waals surface area (Å²) < 4.78 is 9.29. The first-order chi connectivity index (χ1) is 8.60. The number of carbonyl (C=O) groups excluding carboxylic acids is 3. The fourth-order valence-electron chi connectivity index (χ4n) is 2.42. The first-order valence-corrected chi connectivity index (χ1v) is 6.27. The van der Waals surface area contributed by atoms with Gasteiger partial charge >= 0.3 is 11.9 Å². The topological polar surface area (TPSA) is 69.7 Å². The monoisotopic (exact) mass is 256 g/mol. The van der Waals surface area contributed by atoms with Gasteiger partial charge in [0.15, 0.2) is 5.92 Å². The highest BCUT2D eigenvalue weighted by Gasteiger charge is 2.37. The van der Waals surface area contributed by atoms with Gasteiger partial charge in [0.05, 0.1) is 14.2 Å². The first kappa shape index (κ1) is 14.7. The van der Waals surface area contributed by atoms with E-state index < -0.39 is 17.9 Å². The lowest BCUT2D eigenvalue weighted by atomic mass is 9.81. The van der Waals surface area contributed by atoms with Crippen molar-refractivity contribution >= 4 is 17.7 Å². The molecule has 0 saturated heterocycles. The van der Waals surface area contributed by atoms with E-state index in [0.29, 0.717) is 12.8 Å². The van der Waals surface area contributed by atoms with E-state index in [0.717, 1.165) is 19.3 Å². The summed E-state index contributed by atoms with van der Waals surface area (Å²) in [6, 6.07) is 0. The molecule has 1 saturated carbocycles. The van der Waals surface area contributed by atoms with Crippen molar-refractivity contribution in [3.05, 3.63) is 0 Å². The summed E-state index contributed by atoms with van der Waals surface area (Å²) >= 11 is 0. The Labute approximate surface area is 107 Å². The van der Waals surface area contributed by atoms with Crippen molar-refractivity contribution in [2.75, 3.05) is 14.2 Å². The highest BCUT2D eigenvalue weighted by molar-refractivity contribution is 5.95. The number of rotatable bonds is 3. The summed E-state index contributed by atoms with van der Waals surface area (Å²) in [6.45, 7) is 0. The summed E-state index contributed by atoms with van der Waals surface area (Å²) in [5, 5.41) is 0. The van der Waals surface area contributed by atoms with Crippen molar-refractivity contribution in [3.8, 4) is 0 Å². The van der Waals surface area contributed by atoms with Crippen LogP contribution in [-0.2, 0) is 23.9 Å². The number of hydrogen-bond acceptors (Lipinski definition) is 5. The Morgan fingerprint density at radius 1 is 1.11 bits per heavy atom. The number of carbonyl (C=O) groups is 3. The summed E-state index contributed by atoms with van der Waals surface area (Å²) in [5.41, 5.74) is 0. The minimum absolute atomic E-state index is 0.109. The van der Waals surface area contributed by atoms with Crippen LogP contribution in [0.5, 0.6) is 0 Å². The quantitative estimate of drug-likeness (QED) is 0.565. The van der Waals surface area contributed by atoms with Gasteiger partial charge in [-0.15, -0.1) is 0 Å². The highest BCUT2D eigenvalue weighted by Crippen LogP contribution is 2.28. The van der Waals surface area contributed by atoms with Crippen LogP contribution in [-0.4, -0.2) is 31.9 Å². The van der Waals surface area contributed by atoms with Gasteiger partial charge in [-0.2, -0.15) is 0 Å². The van der Waals surface area contributed by atoms with E-state index in [-0.39, 0.29) is 18.1 Å². The molecular formula is C13H20O5. The Kier molecular flexibility index (Phi) is 5.82. The van der Waals surface area contributed by atoms with Gasteiger partial charge in [0, 0.05) is 12.8 Å². The van der Waals surface area contributed by atoms with Crippen LogP contribution in [0.3, 0.4) is 0 Å². The Hall–Kier alpha value is -1.39. The molecule has 1 fully saturated rings. The number of ether oxygens (including phenoxy) is 2. The van der Waals surface area contributed by atoms with Crippen LogP contribution in [0, 0.1) is 11.8 Å². The van der Waals surface area contributed by atoms with Crippen molar-refractivity contribution in [2.24, 2.45) is 11.8 Å². The van der Waals surface area contributed by atoms with Gasteiger partial charge in [-0.3, -0.25) is 14.4 Å². The van der Waals surface area contributed by atoms with Crippen LogP contribution >= 0.6 is 0 Å². The molecule has 0 aromatic heterocycles. The van der Waals surface area contributed by atoms with E-state index in [9.17, 15) is 14.4 Å². The standard InChI is InChI=1S/C13H20O5/c1-17-12(15)11(13(16)18-2)9-6-4-3-5-7-10(14)8-9/h9,11H,3-8H2,1-2H3/t9-/m1/s1. The molecule has 5 nitrogen and oxygen atoms in total. The second-order valence-corrected chi connectivity index (χ2v) is 4.63. The maximum atomic E-state index is 11.7. The summed E-state index contributed by atoms with van der Waals surface area (Å²) in [4.78, 5) is 35.0. The predicted octanol–water partition coefficient (Wildman–Crippen LogP) is 1.49. The van der Waals surface area contributed by atoms with E-state index in [2.05, 4.69) is 9.47 Å². The van der Waals surface area contributed by atoms with Crippen molar-refractivity contribution in [1.29, 1.82) is 0 Å². The molecule has 1 aliphatic carbocycles. The lowest BCUT2D eigenvalue weighted by Gasteiger charge is -2.24. The number of ketones is 1. The van der Waals surface area contributed by atoms with Crippen LogP contribution in [0.4, 0.5) is 0 Å². The molecule has 0 bridgehead atoms. The summed E-state index contributed by atoms with van der Waals surface area (Å²) in [7, 11) is 2.48. The second-order valence-electron chi connectivity index (χ2n) is 4.63. The van der Waals surface area contributed by atoms with Gasteiger partial charge in [-0.05, 0) is 18.8 Å². The largest absolute Gasteiger partial charge is 0.468 e. The molecule has 5 heteroatoms. The lowest BCUT2D eigenvalue weighted by Crippen LogP contribution is -2.35. The molecule has 0 spiro atoms. The first-order valence-electron chi connectivity index (χ1n) is 6.27. The molecule has 0 radical (unpaired) electrons. The molecule has 18 heavy (non-hydrogen) atoms. The molecule has 0 aromatic carbocycles. The van der Waals surface area contributed by atoms with E-state index in [1.807, 2.05) is 0 Å². The van der Waals surface area contributed by atoms with E-state index in [1.54, 1.807) is 0 Å². The third-order valence-electron chi connectivity index (χ3n) is 3.40. The normalized spacial score (nSPS) is 21.1. The van der Waals surface area contributed by atoms with Crippen molar-refractivity contribution in [2.45, 2.75) is 38.5 Å². The Morgan fingerprint density at radius 2 is 1.72 bits per heavy atom. The number of Topliss-reactive ketones (excluding diaryl/α,β-unsaturated/α-hetero) is 1. The minimum atomic E-state index is -0.970. The molecule has 0 aliphatic heterocycles. The average Bonchev–Trinajstić information content (AvgIpc) is 2.34. The smallest absolute Gasteiger partial charge is 0.320 e. The Bertz CT molecular complexity index is 307. The fourth-order valence-corrected chi connectivity index (χ4v) is 2.42. The van der Waals surface area contributed by atoms with Crippen LogP contribution in [0.25, 0.3) is 0 Å². The number of esters is 2. The van der Waals surface area contributed by atoms with E-state index in [4.69, 9.17) is 0 Å². The van der Waals surface area contributed by atoms with Crippen LogP contribution in [0.2, 0.25) is 0 Å². The maximum absolute atomic E-state index is 11.7. The van der Waals surface area contributed by atoms with Gasteiger partial charge in [-0.25, -0.2) is 0 Å². The van der Waals surface area contributed by atoms with Crippen LogP contribution in [0.15, 0.2) is 0 Å². The zero-order valence-corrected chi connectivity index (χ0v) is 10.9. The zero-order valence-electron chi connectivity index (χ0n) is 10.9. The summed E-state index contributed by atoms with van der Waals surface area (Å²) in [5.74, 6) is -2.38. The average molecular weight is 256 g/mol. The zero-order chi connectivity index (χ0) is 13.5. The van der Waals surface area contributed by atoms with Gasteiger partial charge in [0.2, 0.25) is 0 Å². The van der Waals surface area contributed by atoms with Gasteiger partial charge in [0.25, 0.3) is 0 Å². The maximum Gasteiger partial charge on any atom is 0.320 e. The van der Waals surface area contributed by atoms with Gasteiger partial charge in [-0.1, -0.05) is 12.8 Å². The SMILES string of the molecule is COC(=O)C(C(=O)OC)[C@@H]1CCCCCC(=O)C1. The molecule has 102 valence electrons. The molecule has 1 rings (SSSR count). The molecule has 0 aromatic rings. The molecule has 1 aliphatic rings. The van der Waals surface area contributed by atoms with E-state index >= 15 is 0 Å². The third kappa shape index (κ3) is 3.82. The molecule has 0 heterocycles. The van der Waals surface area contributed by atoms with Crippen molar-refractivity contribution in [1.82, 2.24) is 0 Å². The number of hydrogen-bond donors (Lipinski definition) is 0. The Morgan fingerprint density at radius 3 is 2.28 bits per heavy atom. The van der Waals surface area contributed by atoms with E-state index in [1.165, 1.54) is 14.2 Å². The fraction of sp³-hybridized carbons (Fsp3) is 0.769. The minimum Gasteiger partial charge on any atom is -0.468 e. The molecule has 1 atom stereocenters. The summed E-state index contributed by atoms with van der Waals surface area (Å²) in [6.07, 6.45) is 4.24. The molecule has 0 amide bonds. The predicted molar refractivity (Wildman–Crippen MR) is 63.7 cm³/mol. The van der Waals surface area contributed by atoms with Crippen molar-refractivity contribution in [3.63, 3.8) is 0 Å². The van der Waals surface area contributed by atoms with Gasteiger partial charge < -0.3 is 9.47 Å². The van der Waals surface area contributed by atoms with Crippen LogP contribution < -0.4 is 0 Å². The molecule has 0 N–H and O–H groups in total. The number of methoxy groups -OCH3 is 2. The highest BCUT2D eigenvalue weighted by atomic mass is 16.5. The van der Waals surface area contributed by atoms with Gasteiger partial charge in [0.1, 0.15) is 5.78 Å². The Balaban J connectivity index is 2.83. The molecule has 0 unspecified atom stereocenters. The lowest BCUT2D eigenvalue weighted by molar-refractivity contribution is -0.162. The van der Waals surface area contributed by atoms with Crippen molar-refractivity contribution < 1.29 is 23.9 Å². The third-order valence-corrected chi connectivity index (χ3v) is 3.40.